The molecule has 38 heavy (non-hydrogen) atoms. The summed E-state index contributed by atoms with van der Waals surface area (Å²) in [6.07, 6.45) is -4.75. The molecule has 0 rings (SSSR count). The number of hydrogen-bond donors (Lipinski definition) is 0. The number of halogens is 21. The Morgan fingerprint density at radius 1 is 0.474 bits per heavy atom. The SMILES string of the molecule is CC(F)C(F)(F)C(F)(F)C(F)(F)C(F)(F)C(F)(F)C(F)(F)C(F)(F)C(F)(F)C(F)(F)C(F)(F)S(=O)(=O)[O-].[Li+]. The normalized spacial score (nSPS) is 17.2. The van der Waals surface area contributed by atoms with Crippen LogP contribution in [0.1, 0.15) is 6.92 Å². The van der Waals surface area contributed by atoms with Crippen LogP contribution in [0, 0.1) is 0 Å². The molecule has 26 heteroatoms. The average molecular weight is 634 g/mol. The van der Waals surface area contributed by atoms with E-state index in [1.54, 1.807) is 0 Å². The number of alkyl halides is 21. The summed E-state index contributed by atoms with van der Waals surface area (Å²) in [6, 6.07) is 0. The van der Waals surface area contributed by atoms with Gasteiger partial charge in [0, 0.05) is 0 Å². The summed E-state index contributed by atoms with van der Waals surface area (Å²) in [7, 11) is -8.35. The van der Waals surface area contributed by atoms with Crippen LogP contribution in [-0.2, 0) is 10.1 Å². The minimum absolute atomic E-state index is 0. The fourth-order valence-electron chi connectivity index (χ4n) is 1.98. The van der Waals surface area contributed by atoms with Crippen molar-refractivity contribution in [3.63, 3.8) is 0 Å². The van der Waals surface area contributed by atoms with E-state index in [1.807, 2.05) is 0 Å². The fraction of sp³-hybridized carbons (Fsp3) is 1.00. The predicted octanol–water partition coefficient (Wildman–Crippen LogP) is 3.20. The summed E-state index contributed by atoms with van der Waals surface area (Å²) in [5.41, 5.74) is 0. The smallest absolute Gasteiger partial charge is 0.743 e. The van der Waals surface area contributed by atoms with E-state index in [-0.39, 0.29) is 18.9 Å². The van der Waals surface area contributed by atoms with E-state index in [0.29, 0.717) is 0 Å². The van der Waals surface area contributed by atoms with Crippen LogP contribution in [0.5, 0.6) is 0 Å². The van der Waals surface area contributed by atoms with Crippen molar-refractivity contribution in [1.82, 2.24) is 0 Å². The predicted molar refractivity (Wildman–Crippen MR) is 69.7 cm³/mol. The van der Waals surface area contributed by atoms with Crippen LogP contribution in [0.2, 0.25) is 0 Å². The molecule has 0 saturated carbocycles. The van der Waals surface area contributed by atoms with E-state index in [2.05, 4.69) is 0 Å². The van der Waals surface area contributed by atoms with Gasteiger partial charge < -0.3 is 4.55 Å². The first-order chi connectivity index (χ1) is 15.4. The van der Waals surface area contributed by atoms with Crippen LogP contribution < -0.4 is 18.9 Å². The second kappa shape index (κ2) is 9.56. The van der Waals surface area contributed by atoms with Crippen LogP contribution in [0.3, 0.4) is 0 Å². The minimum atomic E-state index is -9.38. The van der Waals surface area contributed by atoms with E-state index in [1.165, 1.54) is 0 Å². The Labute approximate surface area is 206 Å². The van der Waals surface area contributed by atoms with Crippen molar-refractivity contribution < 1.29 is 124 Å². The van der Waals surface area contributed by atoms with Gasteiger partial charge in [-0.25, -0.2) is 12.8 Å². The molecule has 3 nitrogen and oxygen atoms in total. The van der Waals surface area contributed by atoms with Crippen molar-refractivity contribution in [1.29, 1.82) is 0 Å². The summed E-state index contributed by atoms with van der Waals surface area (Å²) >= 11 is 0. The van der Waals surface area contributed by atoms with Crippen LogP contribution in [-0.4, -0.2) is 77.7 Å². The summed E-state index contributed by atoms with van der Waals surface area (Å²) in [6.45, 7) is -0.851. The van der Waals surface area contributed by atoms with E-state index in [4.69, 9.17) is 0 Å². The van der Waals surface area contributed by atoms with Crippen molar-refractivity contribution in [3.8, 4) is 0 Å². The maximum absolute atomic E-state index is 13.5. The quantitative estimate of drug-likeness (QED) is 0.200. The van der Waals surface area contributed by atoms with Crippen molar-refractivity contribution in [2.24, 2.45) is 0 Å². The second-order valence-corrected chi connectivity index (χ2v) is 8.23. The zero-order chi connectivity index (χ0) is 31.1. The van der Waals surface area contributed by atoms with E-state index >= 15 is 0 Å². The summed E-state index contributed by atoms with van der Waals surface area (Å²) in [4.78, 5) is 0. The van der Waals surface area contributed by atoms with E-state index < -0.39 is 81.8 Å². The number of rotatable bonds is 11. The van der Waals surface area contributed by atoms with Crippen LogP contribution in [0.15, 0.2) is 0 Å². The molecule has 0 amide bonds. The van der Waals surface area contributed by atoms with Crippen molar-refractivity contribution in [2.45, 2.75) is 71.7 Å². The van der Waals surface area contributed by atoms with Gasteiger partial charge in [-0.2, -0.15) is 87.8 Å². The molecule has 0 aliphatic rings. The monoisotopic (exact) mass is 634 g/mol. The van der Waals surface area contributed by atoms with Crippen LogP contribution in [0.25, 0.3) is 0 Å². The molecule has 0 saturated heterocycles. The zero-order valence-electron chi connectivity index (χ0n) is 17.1. The van der Waals surface area contributed by atoms with Gasteiger partial charge in [-0.15, -0.1) is 0 Å². The maximum atomic E-state index is 13.5. The van der Waals surface area contributed by atoms with Gasteiger partial charge in [-0.1, -0.05) is 0 Å². The molecule has 0 heterocycles. The molecule has 0 aromatic heterocycles. The Morgan fingerprint density at radius 3 is 0.842 bits per heavy atom. The first-order valence-electron chi connectivity index (χ1n) is 7.82. The third-order valence-corrected chi connectivity index (χ3v) is 5.24. The second-order valence-electron chi connectivity index (χ2n) is 6.81. The molecule has 0 aliphatic heterocycles. The number of hydrogen-bond acceptors (Lipinski definition) is 3. The molecule has 0 N–H and O–H groups in total. The first-order valence-corrected chi connectivity index (χ1v) is 9.23. The van der Waals surface area contributed by atoms with Crippen LogP contribution in [0.4, 0.5) is 92.2 Å². The Morgan fingerprint density at radius 2 is 0.658 bits per heavy atom. The summed E-state index contributed by atoms with van der Waals surface area (Å²) in [5.74, 6) is -79.5. The van der Waals surface area contributed by atoms with Gasteiger partial charge in [-0.3, -0.25) is 0 Å². The summed E-state index contributed by atoms with van der Waals surface area (Å²) in [5, 5.41) is -8.17. The molecule has 0 aromatic rings. The third kappa shape index (κ3) is 4.49. The van der Waals surface area contributed by atoms with Crippen molar-refractivity contribution in [3.05, 3.63) is 0 Å². The van der Waals surface area contributed by atoms with Gasteiger partial charge in [0.2, 0.25) is 0 Å². The topological polar surface area (TPSA) is 57.2 Å². The molecular weight excluding hydrogens is 630 g/mol. The summed E-state index contributed by atoms with van der Waals surface area (Å²) < 4.78 is 307. The molecule has 1 unspecified atom stereocenters. The van der Waals surface area contributed by atoms with Crippen LogP contribution >= 0.6 is 0 Å². The molecule has 224 valence electrons. The van der Waals surface area contributed by atoms with Gasteiger partial charge in [-0.05, 0) is 6.92 Å². The molecule has 0 bridgehead atoms. The Kier molecular flexibility index (Phi) is 9.85. The molecular formula is C12H4F21LiO3S. The third-order valence-electron chi connectivity index (χ3n) is 4.36. The van der Waals surface area contributed by atoms with Gasteiger partial charge >= 0.3 is 77.4 Å². The average Bonchev–Trinajstić information content (AvgIpc) is 2.65. The van der Waals surface area contributed by atoms with Gasteiger partial charge in [0.15, 0.2) is 16.3 Å². The van der Waals surface area contributed by atoms with Crippen molar-refractivity contribution >= 4 is 10.1 Å². The van der Waals surface area contributed by atoms with Gasteiger partial charge in [0.05, 0.1) is 0 Å². The largest absolute Gasteiger partial charge is 1.00 e. The zero-order valence-corrected chi connectivity index (χ0v) is 18.0. The Balaban J connectivity index is 0. The van der Waals surface area contributed by atoms with E-state index in [9.17, 15) is 105 Å². The molecule has 0 radical (unpaired) electrons. The van der Waals surface area contributed by atoms with Gasteiger partial charge in [0.1, 0.15) is 0 Å². The molecule has 0 aromatic carbocycles. The molecule has 0 aliphatic carbocycles. The van der Waals surface area contributed by atoms with Gasteiger partial charge in [0.25, 0.3) is 0 Å². The standard InChI is InChI=1S/C12H5F21O3S.Li/c1-2(13)3(14,15)4(16,17)5(18,19)6(20,21)7(22,23)8(24,25)9(26,27)10(28,29)11(30,31)12(32,33)37(34,35)36;/h2H,1H3,(H,34,35,36);/q;+1/p-1. The Bertz CT molecular complexity index is 972. The fourth-order valence-corrected chi connectivity index (χ4v) is 2.42. The first kappa shape index (κ1) is 39.2. The Hall–Kier alpha value is -0.963. The molecule has 0 fully saturated rings. The molecule has 0 spiro atoms. The molecule has 1 atom stereocenters. The van der Waals surface area contributed by atoms with E-state index in [0.717, 1.165) is 0 Å². The minimum Gasteiger partial charge on any atom is -0.743 e. The van der Waals surface area contributed by atoms with Crippen molar-refractivity contribution in [2.75, 3.05) is 0 Å². The maximum Gasteiger partial charge on any atom is 1.00 e.